The van der Waals surface area contributed by atoms with Crippen LogP contribution in [0.3, 0.4) is 0 Å². The Morgan fingerprint density at radius 3 is 2.77 bits per heavy atom. The van der Waals surface area contributed by atoms with Gasteiger partial charge in [0.05, 0.1) is 7.05 Å². The van der Waals surface area contributed by atoms with Crippen LogP contribution < -0.4 is 10.6 Å². The van der Waals surface area contributed by atoms with E-state index in [-0.39, 0.29) is 35.6 Å². The van der Waals surface area contributed by atoms with Crippen molar-refractivity contribution >= 4 is 24.1 Å². The summed E-state index contributed by atoms with van der Waals surface area (Å²) in [7, 11) is 1.52. The number of amides is 1. The molecule has 0 spiro atoms. The number of carbonyl (C=O) groups excluding carboxylic acids is 1. The lowest BCUT2D eigenvalue weighted by Crippen LogP contribution is -2.52. The van der Waals surface area contributed by atoms with Gasteiger partial charge in [0.1, 0.15) is 0 Å². The van der Waals surface area contributed by atoms with Crippen LogP contribution in [0.25, 0.3) is 0 Å². The van der Waals surface area contributed by atoms with Gasteiger partial charge in [0.2, 0.25) is 0 Å². The zero-order chi connectivity index (χ0) is 15.6. The van der Waals surface area contributed by atoms with E-state index < -0.39 is 4.92 Å². The molecule has 1 aliphatic rings. The van der Waals surface area contributed by atoms with Gasteiger partial charge in [-0.1, -0.05) is 13.8 Å². The van der Waals surface area contributed by atoms with Gasteiger partial charge in [-0.3, -0.25) is 4.79 Å². The number of nitrogens with one attached hydrogen (secondary N) is 2. The molecule has 1 atom stereocenters. The van der Waals surface area contributed by atoms with Crippen molar-refractivity contribution in [1.29, 1.82) is 0 Å². The second kappa shape index (κ2) is 7.11. The van der Waals surface area contributed by atoms with Gasteiger partial charge >= 0.3 is 5.82 Å². The van der Waals surface area contributed by atoms with E-state index in [0.717, 1.165) is 19.4 Å². The Hall–Kier alpha value is -1.60. The summed E-state index contributed by atoms with van der Waals surface area (Å²) >= 11 is 0. The number of nitro groups is 1. The predicted molar refractivity (Wildman–Crippen MR) is 86.5 cm³/mol. The number of hydrogen-bond acceptors (Lipinski definition) is 4. The highest BCUT2D eigenvalue weighted by atomic mass is 35.5. The maximum Gasteiger partial charge on any atom is 0.323 e. The highest BCUT2D eigenvalue weighted by Crippen LogP contribution is 2.29. The average molecular weight is 331 g/mol. The maximum absolute atomic E-state index is 12.2. The van der Waals surface area contributed by atoms with E-state index in [9.17, 15) is 14.9 Å². The first-order valence-corrected chi connectivity index (χ1v) is 7.14. The van der Waals surface area contributed by atoms with E-state index in [1.54, 1.807) is 0 Å². The molecule has 7 nitrogen and oxygen atoms in total. The fourth-order valence-corrected chi connectivity index (χ4v) is 2.82. The van der Waals surface area contributed by atoms with Gasteiger partial charge in [-0.15, -0.1) is 12.4 Å². The largest absolute Gasteiger partial charge is 0.358 e. The summed E-state index contributed by atoms with van der Waals surface area (Å²) in [4.78, 5) is 22.5. The van der Waals surface area contributed by atoms with Crippen LogP contribution in [-0.2, 0) is 7.05 Å². The SMILES string of the molecule is Cl.Cn1c(C(=O)NCC2NCCCC2(C)C)ccc1[N+](=O)[O-]. The van der Waals surface area contributed by atoms with Gasteiger partial charge in [-0.25, -0.2) is 4.57 Å². The molecule has 0 aliphatic carbocycles. The summed E-state index contributed by atoms with van der Waals surface area (Å²) in [6.07, 6.45) is 2.26. The quantitative estimate of drug-likeness (QED) is 0.651. The number of hydrogen-bond donors (Lipinski definition) is 2. The summed E-state index contributed by atoms with van der Waals surface area (Å²) in [5, 5.41) is 17.1. The molecular weight excluding hydrogens is 308 g/mol. The van der Waals surface area contributed by atoms with E-state index in [4.69, 9.17) is 0 Å². The Bertz CT molecular complexity index is 556. The lowest BCUT2D eigenvalue weighted by molar-refractivity contribution is -0.391. The van der Waals surface area contributed by atoms with E-state index in [0.29, 0.717) is 12.2 Å². The van der Waals surface area contributed by atoms with Crippen molar-refractivity contribution in [2.24, 2.45) is 12.5 Å². The van der Waals surface area contributed by atoms with E-state index in [1.807, 2.05) is 0 Å². The molecule has 1 saturated heterocycles. The smallest absolute Gasteiger partial charge is 0.323 e. The Balaban J connectivity index is 0.00000242. The fourth-order valence-electron chi connectivity index (χ4n) is 2.82. The molecule has 1 aromatic heterocycles. The molecule has 1 unspecified atom stereocenters. The zero-order valence-electron chi connectivity index (χ0n) is 13.1. The molecule has 1 aliphatic heterocycles. The van der Waals surface area contributed by atoms with Crippen molar-refractivity contribution in [2.45, 2.75) is 32.7 Å². The molecule has 2 rings (SSSR count). The lowest BCUT2D eigenvalue weighted by atomic mass is 9.77. The van der Waals surface area contributed by atoms with Crippen LogP contribution in [0.4, 0.5) is 5.82 Å². The normalized spacial score (nSPS) is 20.0. The third kappa shape index (κ3) is 3.78. The summed E-state index contributed by atoms with van der Waals surface area (Å²) in [5.41, 5.74) is 0.432. The van der Waals surface area contributed by atoms with Crippen molar-refractivity contribution in [3.05, 3.63) is 27.9 Å². The number of carbonyl (C=O) groups is 1. The first-order valence-electron chi connectivity index (χ1n) is 7.14. The number of aromatic nitrogens is 1. The Morgan fingerprint density at radius 2 is 2.23 bits per heavy atom. The Morgan fingerprint density at radius 1 is 1.55 bits per heavy atom. The van der Waals surface area contributed by atoms with Crippen LogP contribution in [0.15, 0.2) is 12.1 Å². The summed E-state index contributed by atoms with van der Waals surface area (Å²) < 4.78 is 1.30. The minimum Gasteiger partial charge on any atom is -0.358 e. The van der Waals surface area contributed by atoms with Crippen LogP contribution in [0.5, 0.6) is 0 Å². The molecule has 1 aromatic rings. The standard InChI is InChI=1S/C14H22N4O3.ClH/c1-14(2)7-4-8-15-11(14)9-16-13(19)10-5-6-12(17(10)3)18(20)21;/h5-6,11,15H,4,7-9H2,1-3H3,(H,16,19);1H. The van der Waals surface area contributed by atoms with Crippen molar-refractivity contribution in [3.63, 3.8) is 0 Å². The van der Waals surface area contributed by atoms with E-state index >= 15 is 0 Å². The molecule has 0 radical (unpaired) electrons. The second-order valence-corrected chi connectivity index (χ2v) is 6.20. The minimum absolute atomic E-state index is 0. The Kier molecular flexibility index (Phi) is 5.96. The highest BCUT2D eigenvalue weighted by Gasteiger charge is 2.32. The predicted octanol–water partition coefficient (Wildman–Crippen LogP) is 1.86. The number of piperidine rings is 1. The first kappa shape index (κ1) is 18.4. The van der Waals surface area contributed by atoms with Crippen LogP contribution in [0.2, 0.25) is 0 Å². The lowest BCUT2D eigenvalue weighted by Gasteiger charge is -2.39. The van der Waals surface area contributed by atoms with Gasteiger partial charge in [0, 0.05) is 18.7 Å². The zero-order valence-corrected chi connectivity index (χ0v) is 13.9. The topological polar surface area (TPSA) is 89.2 Å². The summed E-state index contributed by atoms with van der Waals surface area (Å²) in [6.45, 7) is 5.84. The molecule has 8 heteroatoms. The molecule has 1 fully saturated rings. The molecular formula is C14H23ClN4O3. The molecule has 2 heterocycles. The molecule has 0 bridgehead atoms. The monoisotopic (exact) mass is 330 g/mol. The van der Waals surface area contributed by atoms with E-state index in [1.165, 1.54) is 23.7 Å². The van der Waals surface area contributed by atoms with Crippen LogP contribution in [0, 0.1) is 15.5 Å². The van der Waals surface area contributed by atoms with Crippen LogP contribution in [-0.4, -0.2) is 34.5 Å². The van der Waals surface area contributed by atoms with E-state index in [2.05, 4.69) is 24.5 Å². The number of halogens is 1. The van der Waals surface area contributed by atoms with Gasteiger partial charge < -0.3 is 20.7 Å². The summed E-state index contributed by atoms with van der Waals surface area (Å²) in [5.74, 6) is -0.370. The number of rotatable bonds is 4. The third-order valence-corrected chi connectivity index (χ3v) is 4.31. The van der Waals surface area contributed by atoms with Crippen molar-refractivity contribution in [2.75, 3.05) is 13.1 Å². The van der Waals surface area contributed by atoms with Crippen molar-refractivity contribution in [3.8, 4) is 0 Å². The van der Waals surface area contributed by atoms with Gasteiger partial charge in [-0.2, -0.15) is 0 Å². The molecule has 2 N–H and O–H groups in total. The average Bonchev–Trinajstić information content (AvgIpc) is 2.78. The maximum atomic E-state index is 12.2. The second-order valence-electron chi connectivity index (χ2n) is 6.20. The third-order valence-electron chi connectivity index (χ3n) is 4.31. The van der Waals surface area contributed by atoms with Crippen molar-refractivity contribution in [1.82, 2.24) is 15.2 Å². The molecule has 1 amide bonds. The highest BCUT2D eigenvalue weighted by molar-refractivity contribution is 5.93. The Labute approximate surface area is 136 Å². The van der Waals surface area contributed by atoms with Gasteiger partial charge in [-0.05, 0) is 35.8 Å². The molecule has 22 heavy (non-hydrogen) atoms. The number of nitrogens with zero attached hydrogens (tertiary/aromatic N) is 2. The molecule has 0 saturated carbocycles. The molecule has 0 aromatic carbocycles. The first-order chi connectivity index (χ1) is 9.83. The van der Waals surface area contributed by atoms with Gasteiger partial charge in [0.25, 0.3) is 5.91 Å². The summed E-state index contributed by atoms with van der Waals surface area (Å²) in [6, 6.07) is 3.04. The van der Waals surface area contributed by atoms with Gasteiger partial charge in [0.15, 0.2) is 5.69 Å². The minimum atomic E-state index is -0.497. The molecule has 124 valence electrons. The van der Waals surface area contributed by atoms with Crippen molar-refractivity contribution < 1.29 is 9.72 Å². The van der Waals surface area contributed by atoms with Crippen LogP contribution >= 0.6 is 12.4 Å². The fraction of sp³-hybridized carbons (Fsp3) is 0.643. The van der Waals surface area contributed by atoms with Crippen LogP contribution in [0.1, 0.15) is 37.2 Å².